The number of nitrogens with zero attached hydrogens (tertiary/aromatic N) is 2. The average molecular weight is 641 g/mol. The number of anilines is 1. The highest BCUT2D eigenvalue weighted by Gasteiger charge is 2.48. The van der Waals surface area contributed by atoms with E-state index in [2.05, 4.69) is 11.6 Å². The van der Waals surface area contributed by atoms with E-state index >= 15 is 0 Å². The molecule has 1 aliphatic rings. The Morgan fingerprint density at radius 3 is 2.52 bits per heavy atom. The Kier molecular flexibility index (Phi) is 9.53. The van der Waals surface area contributed by atoms with Crippen LogP contribution in [0.2, 0.25) is 0 Å². The molecule has 46 heavy (non-hydrogen) atoms. The van der Waals surface area contributed by atoms with E-state index in [4.69, 9.17) is 14.2 Å². The fraction of sp³-hybridized carbons (Fsp3) is 0.200. The molecular formula is C35H32N2O8S. The van der Waals surface area contributed by atoms with Gasteiger partial charge in [-0.2, -0.15) is 0 Å². The number of esters is 1. The number of aromatic hydroxyl groups is 1. The molecule has 2 heterocycles. The largest absolute Gasteiger partial charge is 0.507 e. The van der Waals surface area contributed by atoms with Gasteiger partial charge in [-0.15, -0.1) is 0 Å². The van der Waals surface area contributed by atoms with Crippen molar-refractivity contribution in [3.05, 3.63) is 118 Å². The molecule has 0 unspecified atom stereocenters. The zero-order chi connectivity index (χ0) is 33.0. The molecular weight excluding hydrogens is 608 g/mol. The summed E-state index contributed by atoms with van der Waals surface area (Å²) in [4.78, 5) is 45.9. The number of ether oxygens (including phenoxy) is 3. The number of carbonyl (C=O) groups excluding carboxylic acids is 3. The van der Waals surface area contributed by atoms with Crippen LogP contribution in [0.3, 0.4) is 0 Å². The van der Waals surface area contributed by atoms with Gasteiger partial charge in [-0.3, -0.25) is 14.5 Å². The molecule has 236 valence electrons. The molecule has 0 bridgehead atoms. The number of benzene rings is 3. The quantitative estimate of drug-likeness (QED) is 0.0627. The number of phenolic OH excluding ortho intramolecular Hbond substituents is 1. The van der Waals surface area contributed by atoms with E-state index < -0.39 is 29.5 Å². The molecule has 1 atom stereocenters. The maximum atomic E-state index is 13.7. The summed E-state index contributed by atoms with van der Waals surface area (Å²) in [6, 6.07) is 17.9. The van der Waals surface area contributed by atoms with Crippen molar-refractivity contribution < 1.29 is 38.8 Å². The number of hydrogen-bond acceptors (Lipinski definition) is 10. The van der Waals surface area contributed by atoms with Gasteiger partial charge in [-0.25, -0.2) is 9.78 Å². The summed E-state index contributed by atoms with van der Waals surface area (Å²) in [5.41, 5.74) is 2.39. The second-order valence-electron chi connectivity index (χ2n) is 10.4. The van der Waals surface area contributed by atoms with E-state index in [1.165, 1.54) is 24.3 Å². The van der Waals surface area contributed by atoms with Gasteiger partial charge in [-0.05, 0) is 67.8 Å². The lowest BCUT2D eigenvalue weighted by atomic mass is 9.93. The average Bonchev–Trinajstić information content (AvgIpc) is 3.56. The summed E-state index contributed by atoms with van der Waals surface area (Å²) < 4.78 is 16.7. The minimum Gasteiger partial charge on any atom is -0.507 e. The summed E-state index contributed by atoms with van der Waals surface area (Å²) >= 11 is 0.887. The van der Waals surface area contributed by atoms with E-state index in [-0.39, 0.29) is 40.3 Å². The monoisotopic (exact) mass is 640 g/mol. The normalized spacial score (nSPS) is 15.5. The Morgan fingerprint density at radius 2 is 1.83 bits per heavy atom. The van der Waals surface area contributed by atoms with Crippen molar-refractivity contribution in [2.45, 2.75) is 33.4 Å². The number of rotatable bonds is 11. The van der Waals surface area contributed by atoms with E-state index in [1.54, 1.807) is 39.0 Å². The van der Waals surface area contributed by atoms with Crippen molar-refractivity contribution in [2.24, 2.45) is 0 Å². The van der Waals surface area contributed by atoms with Gasteiger partial charge in [-0.1, -0.05) is 60.4 Å². The summed E-state index contributed by atoms with van der Waals surface area (Å²) in [5, 5.41) is 22.2. The number of aliphatic hydroxyl groups is 1. The molecule has 1 aromatic heterocycles. The number of Topliss-reactive ketones (excluding diaryl/α,β-unsaturated/α-hetero) is 1. The number of phenols is 1. The van der Waals surface area contributed by atoms with Gasteiger partial charge >= 0.3 is 11.9 Å². The van der Waals surface area contributed by atoms with Gasteiger partial charge in [0.25, 0.3) is 5.78 Å². The van der Waals surface area contributed by atoms with Gasteiger partial charge in [0.2, 0.25) is 0 Å². The molecule has 0 saturated carbocycles. The number of aryl methyl sites for hydroxylation is 2. The molecule has 2 N–H and O–H groups in total. The minimum absolute atomic E-state index is 0.0147. The third-order valence-electron chi connectivity index (χ3n) is 7.25. The topological polar surface area (TPSA) is 135 Å². The SMILES string of the molecule is C=CCOC(=O)c1sc(N2C(=O)C(=O)C(=C(O)c3ccc(OCc4ccccc4)cc3C)[C@H]2c2ccc(O)c(OCC)c2)nc1C. The number of hydrogen-bond donors (Lipinski definition) is 2. The molecule has 4 aromatic rings. The van der Waals surface area contributed by atoms with Crippen LogP contribution in [0.4, 0.5) is 5.13 Å². The summed E-state index contributed by atoms with van der Waals surface area (Å²) in [6.07, 6.45) is 1.43. The van der Waals surface area contributed by atoms with E-state index in [1.807, 2.05) is 30.3 Å². The Balaban J connectivity index is 1.60. The predicted octanol–water partition coefficient (Wildman–Crippen LogP) is 6.41. The van der Waals surface area contributed by atoms with Crippen LogP contribution in [0.15, 0.2) is 85.0 Å². The van der Waals surface area contributed by atoms with Crippen molar-refractivity contribution >= 4 is 39.9 Å². The summed E-state index contributed by atoms with van der Waals surface area (Å²) in [5.74, 6) is -2.39. The number of thiazole rings is 1. The maximum Gasteiger partial charge on any atom is 0.350 e. The highest BCUT2D eigenvalue weighted by Crippen LogP contribution is 2.46. The first-order valence-electron chi connectivity index (χ1n) is 14.4. The van der Waals surface area contributed by atoms with Crippen LogP contribution in [-0.4, -0.2) is 46.1 Å². The second-order valence-corrected chi connectivity index (χ2v) is 11.4. The first kappa shape index (κ1) is 32.0. The number of aliphatic hydroxyl groups excluding tert-OH is 1. The van der Waals surface area contributed by atoms with Crippen molar-refractivity contribution in [3.8, 4) is 17.2 Å². The third-order valence-corrected chi connectivity index (χ3v) is 8.39. The Morgan fingerprint density at radius 1 is 1.07 bits per heavy atom. The number of aromatic nitrogens is 1. The van der Waals surface area contributed by atoms with Gasteiger partial charge in [0.05, 0.1) is 23.9 Å². The van der Waals surface area contributed by atoms with Crippen molar-refractivity contribution in [1.29, 1.82) is 0 Å². The molecule has 5 rings (SSSR count). The lowest BCUT2D eigenvalue weighted by Gasteiger charge is -2.24. The molecule has 1 saturated heterocycles. The molecule has 3 aromatic carbocycles. The van der Waals surface area contributed by atoms with Gasteiger partial charge < -0.3 is 24.4 Å². The molecule has 1 aliphatic heterocycles. The molecule has 11 heteroatoms. The van der Waals surface area contributed by atoms with E-state index in [9.17, 15) is 24.6 Å². The van der Waals surface area contributed by atoms with Crippen LogP contribution >= 0.6 is 11.3 Å². The predicted molar refractivity (Wildman–Crippen MR) is 173 cm³/mol. The minimum atomic E-state index is -1.17. The van der Waals surface area contributed by atoms with Gasteiger partial charge in [0.1, 0.15) is 29.6 Å². The molecule has 0 aliphatic carbocycles. The van der Waals surface area contributed by atoms with Gasteiger partial charge in [0, 0.05) is 5.56 Å². The van der Waals surface area contributed by atoms with Crippen LogP contribution in [-0.2, 0) is 20.9 Å². The molecule has 1 fully saturated rings. The van der Waals surface area contributed by atoms with Crippen LogP contribution in [0.1, 0.15) is 50.6 Å². The zero-order valence-corrected chi connectivity index (χ0v) is 26.3. The first-order valence-corrected chi connectivity index (χ1v) is 15.3. The third kappa shape index (κ3) is 6.36. The van der Waals surface area contributed by atoms with Crippen LogP contribution in [0.25, 0.3) is 5.76 Å². The fourth-order valence-corrected chi connectivity index (χ4v) is 6.06. The molecule has 10 nitrogen and oxygen atoms in total. The number of ketones is 1. The van der Waals surface area contributed by atoms with Crippen LogP contribution in [0, 0.1) is 13.8 Å². The Hall–Kier alpha value is -5.42. The standard InChI is InChI=1S/C35H32N2O8S/c1-5-16-44-34(42)32-21(4)36-35(46-32)37-29(23-12-15-26(38)27(18-23)43-6-2)28(31(40)33(37)41)30(39)25-14-13-24(17-20(25)3)45-19-22-10-8-7-9-11-22/h5,7-15,17-18,29,38-39H,1,6,16,19H2,2-4H3/t29-/m1/s1. The highest BCUT2D eigenvalue weighted by molar-refractivity contribution is 7.17. The molecule has 0 radical (unpaired) electrons. The lowest BCUT2D eigenvalue weighted by molar-refractivity contribution is -0.132. The van der Waals surface area contributed by atoms with Crippen molar-refractivity contribution in [1.82, 2.24) is 4.98 Å². The van der Waals surface area contributed by atoms with Crippen molar-refractivity contribution in [2.75, 3.05) is 18.1 Å². The van der Waals surface area contributed by atoms with Crippen LogP contribution in [0.5, 0.6) is 17.2 Å². The number of carbonyl (C=O) groups is 3. The maximum absolute atomic E-state index is 13.7. The fourth-order valence-electron chi connectivity index (χ4n) is 5.07. The zero-order valence-electron chi connectivity index (χ0n) is 25.5. The summed E-state index contributed by atoms with van der Waals surface area (Å²) in [6.45, 7) is 9.22. The van der Waals surface area contributed by atoms with Gasteiger partial charge in [0.15, 0.2) is 16.6 Å². The first-order chi connectivity index (χ1) is 22.1. The Bertz CT molecular complexity index is 1850. The summed E-state index contributed by atoms with van der Waals surface area (Å²) in [7, 11) is 0. The van der Waals surface area contributed by atoms with Crippen LogP contribution < -0.4 is 14.4 Å². The second kappa shape index (κ2) is 13.7. The van der Waals surface area contributed by atoms with E-state index in [0.29, 0.717) is 34.7 Å². The Labute approximate surface area is 269 Å². The number of amides is 1. The highest BCUT2D eigenvalue weighted by atomic mass is 32.1. The van der Waals surface area contributed by atoms with Crippen molar-refractivity contribution in [3.63, 3.8) is 0 Å². The smallest absolute Gasteiger partial charge is 0.350 e. The molecule has 1 amide bonds. The molecule has 0 spiro atoms. The van der Waals surface area contributed by atoms with E-state index in [0.717, 1.165) is 21.8 Å². The lowest BCUT2D eigenvalue weighted by Crippen LogP contribution is -2.29.